The summed E-state index contributed by atoms with van der Waals surface area (Å²) in [6.07, 6.45) is 1.58. The van der Waals surface area contributed by atoms with E-state index in [1.807, 2.05) is 13.0 Å². The lowest BCUT2D eigenvalue weighted by Crippen LogP contribution is -2.02. The van der Waals surface area contributed by atoms with E-state index >= 15 is 0 Å². The summed E-state index contributed by atoms with van der Waals surface area (Å²) in [5.74, 6) is 0.268. The summed E-state index contributed by atoms with van der Waals surface area (Å²) in [5.41, 5.74) is 4.13. The Morgan fingerprint density at radius 1 is 1.26 bits per heavy atom. The summed E-state index contributed by atoms with van der Waals surface area (Å²) < 4.78 is 10.7. The average molecular weight is 314 g/mol. The summed E-state index contributed by atoms with van der Waals surface area (Å²) in [5, 5.41) is 13.2. The second kappa shape index (κ2) is 7.84. The highest BCUT2D eigenvalue weighted by Gasteiger charge is 2.08. The predicted octanol–water partition coefficient (Wildman–Crippen LogP) is 3.24. The van der Waals surface area contributed by atoms with Gasteiger partial charge in [-0.05, 0) is 42.8 Å². The SMILES string of the molecule is CCOc1cc(/C=N/Nc2ccccc2C(=O)O)ccc1OC. The number of rotatable bonds is 7. The van der Waals surface area contributed by atoms with E-state index in [4.69, 9.17) is 14.6 Å². The van der Waals surface area contributed by atoms with E-state index < -0.39 is 5.97 Å². The highest BCUT2D eigenvalue weighted by atomic mass is 16.5. The zero-order valence-electron chi connectivity index (χ0n) is 12.9. The summed E-state index contributed by atoms with van der Waals surface area (Å²) in [6.45, 7) is 2.42. The van der Waals surface area contributed by atoms with Crippen molar-refractivity contribution in [3.05, 3.63) is 53.6 Å². The molecule has 6 heteroatoms. The lowest BCUT2D eigenvalue weighted by molar-refractivity contribution is 0.0698. The maximum absolute atomic E-state index is 11.1. The zero-order valence-corrected chi connectivity index (χ0v) is 12.9. The van der Waals surface area contributed by atoms with Gasteiger partial charge in [0.05, 0.1) is 31.2 Å². The van der Waals surface area contributed by atoms with E-state index in [1.165, 1.54) is 6.07 Å². The van der Waals surface area contributed by atoms with Crippen LogP contribution in [0.3, 0.4) is 0 Å². The lowest BCUT2D eigenvalue weighted by Gasteiger charge is -2.09. The molecule has 0 aliphatic carbocycles. The van der Waals surface area contributed by atoms with Crippen LogP contribution >= 0.6 is 0 Å². The Morgan fingerprint density at radius 3 is 2.74 bits per heavy atom. The largest absolute Gasteiger partial charge is 0.493 e. The molecule has 0 saturated heterocycles. The molecule has 0 aliphatic rings. The summed E-state index contributed by atoms with van der Waals surface area (Å²) in [4.78, 5) is 11.1. The Labute approximate surface area is 134 Å². The number of nitrogens with one attached hydrogen (secondary N) is 1. The van der Waals surface area contributed by atoms with Crippen molar-refractivity contribution < 1.29 is 19.4 Å². The average Bonchev–Trinajstić information content (AvgIpc) is 2.56. The fourth-order valence-corrected chi connectivity index (χ4v) is 1.99. The maximum Gasteiger partial charge on any atom is 0.337 e. The maximum atomic E-state index is 11.1. The van der Waals surface area contributed by atoms with Crippen molar-refractivity contribution in [1.82, 2.24) is 0 Å². The second-order valence-corrected chi connectivity index (χ2v) is 4.56. The molecule has 120 valence electrons. The number of hydrazone groups is 1. The third-order valence-electron chi connectivity index (χ3n) is 3.04. The Kier molecular flexibility index (Phi) is 5.57. The number of para-hydroxylation sites is 1. The predicted molar refractivity (Wildman–Crippen MR) is 88.8 cm³/mol. The van der Waals surface area contributed by atoms with Crippen LogP contribution in [0.4, 0.5) is 5.69 Å². The van der Waals surface area contributed by atoms with Crippen molar-refractivity contribution in [1.29, 1.82) is 0 Å². The summed E-state index contributed by atoms with van der Waals surface area (Å²) in [6, 6.07) is 12.0. The number of hydrogen-bond donors (Lipinski definition) is 2. The molecule has 23 heavy (non-hydrogen) atoms. The smallest absolute Gasteiger partial charge is 0.337 e. The van der Waals surface area contributed by atoms with E-state index in [0.29, 0.717) is 23.8 Å². The van der Waals surface area contributed by atoms with E-state index in [0.717, 1.165) is 5.56 Å². The number of anilines is 1. The molecule has 0 heterocycles. The molecule has 0 spiro atoms. The van der Waals surface area contributed by atoms with Crippen LogP contribution in [-0.4, -0.2) is 31.0 Å². The molecule has 2 N–H and O–H groups in total. The molecule has 0 aliphatic heterocycles. The van der Waals surface area contributed by atoms with Gasteiger partial charge in [-0.1, -0.05) is 12.1 Å². The van der Waals surface area contributed by atoms with Crippen molar-refractivity contribution >= 4 is 17.9 Å². The first-order chi connectivity index (χ1) is 11.2. The molecule has 0 radical (unpaired) electrons. The van der Waals surface area contributed by atoms with Gasteiger partial charge >= 0.3 is 5.97 Å². The zero-order chi connectivity index (χ0) is 16.7. The standard InChI is InChI=1S/C17H18N2O4/c1-3-23-16-10-12(8-9-15(16)22-2)11-18-19-14-7-5-4-6-13(14)17(20)21/h4-11,19H,3H2,1-2H3,(H,20,21)/b18-11+. The number of methoxy groups -OCH3 is 1. The fourth-order valence-electron chi connectivity index (χ4n) is 1.99. The minimum absolute atomic E-state index is 0.161. The van der Waals surface area contributed by atoms with Gasteiger partial charge in [0.25, 0.3) is 0 Å². The molecular formula is C17H18N2O4. The van der Waals surface area contributed by atoms with Crippen LogP contribution in [0, 0.1) is 0 Å². The summed E-state index contributed by atoms with van der Waals surface area (Å²) in [7, 11) is 1.58. The van der Waals surface area contributed by atoms with E-state index in [1.54, 1.807) is 43.7 Å². The molecule has 2 rings (SSSR count). The molecule has 0 unspecified atom stereocenters. The normalized spacial score (nSPS) is 10.5. The minimum atomic E-state index is -1.01. The van der Waals surface area contributed by atoms with Gasteiger partial charge in [0.1, 0.15) is 0 Å². The molecular weight excluding hydrogens is 296 g/mol. The molecule has 2 aromatic rings. The van der Waals surface area contributed by atoms with Gasteiger partial charge in [-0.25, -0.2) is 4.79 Å². The van der Waals surface area contributed by atoms with Crippen LogP contribution in [0.2, 0.25) is 0 Å². The van der Waals surface area contributed by atoms with Gasteiger partial charge in [-0.3, -0.25) is 5.43 Å². The van der Waals surface area contributed by atoms with Gasteiger partial charge in [0.2, 0.25) is 0 Å². The van der Waals surface area contributed by atoms with Gasteiger partial charge in [0, 0.05) is 0 Å². The number of nitrogens with zero attached hydrogens (tertiary/aromatic N) is 1. The molecule has 0 fully saturated rings. The van der Waals surface area contributed by atoms with E-state index in [2.05, 4.69) is 10.5 Å². The van der Waals surface area contributed by atoms with Gasteiger partial charge in [0.15, 0.2) is 11.5 Å². The Bertz CT molecular complexity index is 713. The Hall–Kier alpha value is -3.02. The van der Waals surface area contributed by atoms with Crippen LogP contribution in [0.15, 0.2) is 47.6 Å². The monoisotopic (exact) mass is 314 g/mol. The third-order valence-corrected chi connectivity index (χ3v) is 3.04. The van der Waals surface area contributed by atoms with Crippen molar-refractivity contribution in [3.8, 4) is 11.5 Å². The number of carboxylic acids is 1. The van der Waals surface area contributed by atoms with Crippen LogP contribution in [0.25, 0.3) is 0 Å². The van der Waals surface area contributed by atoms with Gasteiger partial charge in [-0.15, -0.1) is 0 Å². The van der Waals surface area contributed by atoms with Crippen molar-refractivity contribution in [2.45, 2.75) is 6.92 Å². The first-order valence-electron chi connectivity index (χ1n) is 7.08. The van der Waals surface area contributed by atoms with Crippen molar-refractivity contribution in [2.24, 2.45) is 5.10 Å². The van der Waals surface area contributed by atoms with E-state index in [-0.39, 0.29) is 5.56 Å². The van der Waals surface area contributed by atoms with Crippen LogP contribution in [-0.2, 0) is 0 Å². The second-order valence-electron chi connectivity index (χ2n) is 4.56. The first-order valence-corrected chi connectivity index (χ1v) is 7.08. The molecule has 0 aromatic heterocycles. The molecule has 0 saturated carbocycles. The van der Waals surface area contributed by atoms with Crippen molar-refractivity contribution in [2.75, 3.05) is 19.1 Å². The first kappa shape index (κ1) is 16.4. The Morgan fingerprint density at radius 2 is 2.04 bits per heavy atom. The molecule has 0 amide bonds. The third kappa shape index (κ3) is 4.23. The van der Waals surface area contributed by atoms with E-state index in [9.17, 15) is 4.79 Å². The molecule has 0 bridgehead atoms. The minimum Gasteiger partial charge on any atom is -0.493 e. The van der Waals surface area contributed by atoms with Gasteiger partial charge < -0.3 is 14.6 Å². The number of benzene rings is 2. The molecule has 2 aromatic carbocycles. The number of hydrogen-bond acceptors (Lipinski definition) is 5. The number of carboxylic acid groups (broad SMARTS) is 1. The molecule has 6 nitrogen and oxygen atoms in total. The quantitative estimate of drug-likeness (QED) is 0.606. The van der Waals surface area contributed by atoms with Crippen LogP contribution < -0.4 is 14.9 Å². The van der Waals surface area contributed by atoms with Crippen LogP contribution in [0.5, 0.6) is 11.5 Å². The Balaban J connectivity index is 2.15. The number of aromatic carboxylic acids is 1. The lowest BCUT2D eigenvalue weighted by atomic mass is 10.2. The van der Waals surface area contributed by atoms with Gasteiger partial charge in [-0.2, -0.15) is 5.10 Å². The highest BCUT2D eigenvalue weighted by Crippen LogP contribution is 2.27. The van der Waals surface area contributed by atoms with Crippen LogP contribution in [0.1, 0.15) is 22.8 Å². The number of carbonyl (C=O) groups is 1. The number of ether oxygens (including phenoxy) is 2. The van der Waals surface area contributed by atoms with Crippen molar-refractivity contribution in [3.63, 3.8) is 0 Å². The summed E-state index contributed by atoms with van der Waals surface area (Å²) >= 11 is 0. The fraction of sp³-hybridized carbons (Fsp3) is 0.176. The molecule has 0 atom stereocenters. The topological polar surface area (TPSA) is 80.2 Å². The highest BCUT2D eigenvalue weighted by molar-refractivity contribution is 5.94.